The number of benzene rings is 1. The Morgan fingerprint density at radius 1 is 1.21 bits per heavy atom. The van der Waals surface area contributed by atoms with Gasteiger partial charge in [0.25, 0.3) is 0 Å². The Hall–Kier alpha value is -1.46. The second kappa shape index (κ2) is 5.67. The molecular formula is C14H14BrN3S. The van der Waals surface area contributed by atoms with Gasteiger partial charge in [-0.2, -0.15) is 0 Å². The zero-order chi connectivity index (χ0) is 14.0. The third-order valence-electron chi connectivity index (χ3n) is 2.74. The van der Waals surface area contributed by atoms with E-state index >= 15 is 0 Å². The Kier molecular flexibility index (Phi) is 4.17. The van der Waals surface area contributed by atoms with Crippen LogP contribution in [0.3, 0.4) is 0 Å². The number of aryl methyl sites for hydroxylation is 2. The van der Waals surface area contributed by atoms with E-state index in [2.05, 4.69) is 52.2 Å². The predicted molar refractivity (Wildman–Crippen MR) is 87.0 cm³/mol. The first-order valence-electron chi connectivity index (χ1n) is 5.77. The second-order valence-electron chi connectivity index (χ2n) is 4.34. The molecule has 0 amide bonds. The van der Waals surface area contributed by atoms with E-state index in [9.17, 15) is 0 Å². The van der Waals surface area contributed by atoms with Gasteiger partial charge in [0.1, 0.15) is 4.99 Å². The molecule has 1 aromatic carbocycles. The van der Waals surface area contributed by atoms with Crippen molar-refractivity contribution in [1.29, 1.82) is 0 Å². The fourth-order valence-electron chi connectivity index (χ4n) is 1.83. The average molecular weight is 336 g/mol. The predicted octanol–water partition coefficient (Wildman–Crippen LogP) is 3.84. The number of pyridine rings is 1. The highest BCUT2D eigenvalue weighted by Crippen LogP contribution is 2.27. The summed E-state index contributed by atoms with van der Waals surface area (Å²) in [5.74, 6) is 0. The maximum Gasteiger partial charge on any atom is 0.122 e. The van der Waals surface area contributed by atoms with Crippen LogP contribution in [-0.4, -0.2) is 9.97 Å². The van der Waals surface area contributed by atoms with Crippen molar-refractivity contribution in [1.82, 2.24) is 4.98 Å². The largest absolute Gasteiger partial charge is 0.388 e. The number of nitrogens with one attached hydrogen (secondary N) is 1. The number of nitrogens with two attached hydrogens (primary N) is 1. The summed E-state index contributed by atoms with van der Waals surface area (Å²) in [6.45, 7) is 4.13. The first kappa shape index (κ1) is 14.0. The summed E-state index contributed by atoms with van der Waals surface area (Å²) >= 11 is 8.48. The van der Waals surface area contributed by atoms with Crippen LogP contribution in [0.2, 0.25) is 0 Å². The first-order chi connectivity index (χ1) is 8.97. The van der Waals surface area contributed by atoms with Gasteiger partial charge in [-0.25, -0.2) is 0 Å². The lowest BCUT2D eigenvalue weighted by Crippen LogP contribution is -2.11. The van der Waals surface area contributed by atoms with E-state index in [0.717, 1.165) is 15.8 Å². The van der Waals surface area contributed by atoms with Crippen LogP contribution in [0.15, 0.2) is 34.9 Å². The van der Waals surface area contributed by atoms with E-state index in [-0.39, 0.29) is 0 Å². The smallest absolute Gasteiger partial charge is 0.122 e. The summed E-state index contributed by atoms with van der Waals surface area (Å²) in [7, 11) is 0. The first-order valence-corrected chi connectivity index (χ1v) is 6.97. The molecular weight excluding hydrogens is 322 g/mol. The average Bonchev–Trinajstić information content (AvgIpc) is 2.36. The molecule has 0 atom stereocenters. The number of halogens is 1. The van der Waals surface area contributed by atoms with Crippen LogP contribution < -0.4 is 11.1 Å². The number of hydrogen-bond acceptors (Lipinski definition) is 3. The van der Waals surface area contributed by atoms with Crippen LogP contribution in [-0.2, 0) is 0 Å². The minimum Gasteiger partial charge on any atom is -0.388 e. The second-order valence-corrected chi connectivity index (χ2v) is 5.58. The molecule has 3 N–H and O–H groups in total. The molecule has 0 radical (unpaired) electrons. The van der Waals surface area contributed by atoms with Crippen LogP contribution in [0.1, 0.15) is 16.8 Å². The normalized spacial score (nSPS) is 10.3. The third kappa shape index (κ3) is 3.30. The Bertz CT molecular complexity index is 617. The van der Waals surface area contributed by atoms with Gasteiger partial charge in [0.15, 0.2) is 0 Å². The van der Waals surface area contributed by atoms with Gasteiger partial charge in [-0.3, -0.25) is 4.98 Å². The lowest BCUT2D eigenvalue weighted by atomic mass is 10.1. The summed E-state index contributed by atoms with van der Waals surface area (Å²) in [6, 6.07) is 7.89. The molecule has 0 fully saturated rings. The number of anilines is 2. The Balaban J connectivity index is 2.31. The van der Waals surface area contributed by atoms with E-state index in [4.69, 9.17) is 18.0 Å². The molecule has 0 unspecified atom stereocenters. The van der Waals surface area contributed by atoms with Crippen LogP contribution in [0, 0.1) is 13.8 Å². The maximum atomic E-state index is 5.58. The molecule has 1 aromatic heterocycles. The van der Waals surface area contributed by atoms with Gasteiger partial charge in [0.2, 0.25) is 0 Å². The Labute approximate surface area is 126 Å². The van der Waals surface area contributed by atoms with Crippen LogP contribution in [0.25, 0.3) is 0 Å². The van der Waals surface area contributed by atoms with Gasteiger partial charge in [0.05, 0.1) is 5.69 Å². The summed E-state index contributed by atoms with van der Waals surface area (Å²) in [4.78, 5) is 4.41. The third-order valence-corrected chi connectivity index (χ3v) is 4.20. The molecule has 3 nitrogen and oxygen atoms in total. The zero-order valence-electron chi connectivity index (χ0n) is 10.7. The van der Waals surface area contributed by atoms with E-state index in [1.165, 1.54) is 11.1 Å². The molecule has 5 heteroatoms. The molecule has 0 spiro atoms. The molecule has 0 saturated heterocycles. The SMILES string of the molecule is Cc1cc(Nc2ccnc(C(N)=S)c2)cc(C)c1Br. The van der Waals surface area contributed by atoms with Crippen molar-refractivity contribution in [2.45, 2.75) is 13.8 Å². The van der Waals surface area contributed by atoms with Crippen molar-refractivity contribution < 1.29 is 0 Å². The van der Waals surface area contributed by atoms with Crippen molar-refractivity contribution >= 4 is 44.5 Å². The standard InChI is InChI=1S/C14H14BrN3S/c1-8-5-11(6-9(2)13(8)15)18-10-3-4-17-12(7-10)14(16)19/h3-7H,1-2H3,(H2,16,19)(H,17,18). The summed E-state index contributed by atoms with van der Waals surface area (Å²) in [5.41, 5.74) is 10.5. The van der Waals surface area contributed by atoms with Crippen molar-refractivity contribution in [3.05, 3.63) is 51.8 Å². The van der Waals surface area contributed by atoms with E-state index in [1.807, 2.05) is 12.1 Å². The van der Waals surface area contributed by atoms with Crippen LogP contribution >= 0.6 is 28.1 Å². The van der Waals surface area contributed by atoms with E-state index in [1.54, 1.807) is 6.20 Å². The number of aromatic nitrogens is 1. The number of thiocarbonyl (C=S) groups is 1. The molecule has 1 heterocycles. The van der Waals surface area contributed by atoms with Gasteiger partial charge >= 0.3 is 0 Å². The minimum atomic E-state index is 0.298. The van der Waals surface area contributed by atoms with Crippen molar-refractivity contribution in [3.8, 4) is 0 Å². The Morgan fingerprint density at radius 2 is 1.84 bits per heavy atom. The Morgan fingerprint density at radius 3 is 2.42 bits per heavy atom. The molecule has 0 aliphatic rings. The van der Waals surface area contributed by atoms with Crippen LogP contribution in [0.5, 0.6) is 0 Å². The molecule has 0 saturated carbocycles. The zero-order valence-corrected chi connectivity index (χ0v) is 13.1. The molecule has 2 aromatic rings. The molecule has 19 heavy (non-hydrogen) atoms. The lowest BCUT2D eigenvalue weighted by Gasteiger charge is -2.11. The van der Waals surface area contributed by atoms with Crippen molar-refractivity contribution in [3.63, 3.8) is 0 Å². The monoisotopic (exact) mass is 335 g/mol. The quantitative estimate of drug-likeness (QED) is 0.836. The summed E-state index contributed by atoms with van der Waals surface area (Å²) in [6.07, 6.45) is 1.69. The summed E-state index contributed by atoms with van der Waals surface area (Å²) in [5, 5.41) is 3.33. The van der Waals surface area contributed by atoms with Gasteiger partial charge in [0, 0.05) is 22.0 Å². The van der Waals surface area contributed by atoms with Gasteiger partial charge < -0.3 is 11.1 Å². The molecule has 98 valence electrons. The molecule has 0 aliphatic carbocycles. The van der Waals surface area contributed by atoms with E-state index in [0.29, 0.717) is 10.7 Å². The molecule has 0 bridgehead atoms. The fraction of sp³-hybridized carbons (Fsp3) is 0.143. The van der Waals surface area contributed by atoms with Gasteiger partial charge in [-0.15, -0.1) is 0 Å². The highest BCUT2D eigenvalue weighted by atomic mass is 79.9. The summed E-state index contributed by atoms with van der Waals surface area (Å²) < 4.78 is 1.14. The van der Waals surface area contributed by atoms with Crippen molar-refractivity contribution in [2.75, 3.05) is 5.32 Å². The number of rotatable bonds is 3. The maximum absolute atomic E-state index is 5.58. The van der Waals surface area contributed by atoms with Crippen LogP contribution in [0.4, 0.5) is 11.4 Å². The highest BCUT2D eigenvalue weighted by molar-refractivity contribution is 9.10. The minimum absolute atomic E-state index is 0.298. The van der Waals surface area contributed by atoms with Gasteiger partial charge in [-0.05, 0) is 49.2 Å². The van der Waals surface area contributed by atoms with Crippen molar-refractivity contribution in [2.24, 2.45) is 5.73 Å². The highest BCUT2D eigenvalue weighted by Gasteiger charge is 2.04. The van der Waals surface area contributed by atoms with E-state index < -0.39 is 0 Å². The lowest BCUT2D eigenvalue weighted by molar-refractivity contribution is 1.28. The molecule has 2 rings (SSSR count). The molecule has 0 aliphatic heterocycles. The van der Waals surface area contributed by atoms with Gasteiger partial charge in [-0.1, -0.05) is 28.1 Å². The topological polar surface area (TPSA) is 50.9 Å². The number of nitrogens with zero attached hydrogens (tertiary/aromatic N) is 1. The number of hydrogen-bond donors (Lipinski definition) is 2. The fourth-order valence-corrected chi connectivity index (χ4v) is 2.17.